The molecule has 1 amide bonds. The summed E-state index contributed by atoms with van der Waals surface area (Å²) in [5.74, 6) is 2.04. The van der Waals surface area contributed by atoms with E-state index in [1.165, 1.54) is 19.8 Å². The Morgan fingerprint density at radius 2 is 1.75 bits per heavy atom. The Balaban J connectivity index is 1.12. The van der Waals surface area contributed by atoms with Crippen molar-refractivity contribution >= 4 is 39.6 Å². The van der Waals surface area contributed by atoms with E-state index in [0.717, 1.165) is 45.0 Å². The van der Waals surface area contributed by atoms with Crippen molar-refractivity contribution in [1.82, 2.24) is 34.4 Å². The van der Waals surface area contributed by atoms with Crippen molar-refractivity contribution < 1.29 is 23.7 Å². The molecule has 5 aromatic rings. The molecular weight excluding hydrogens is 664 g/mol. The highest BCUT2D eigenvalue weighted by Gasteiger charge is 2.34. The average Bonchev–Trinajstić information content (AvgIpc) is 3.59. The number of nitrogens with one attached hydrogen (secondary N) is 2. The highest BCUT2D eigenvalue weighted by atomic mass is 16.5. The van der Waals surface area contributed by atoms with E-state index in [2.05, 4.69) is 46.6 Å². The van der Waals surface area contributed by atoms with Gasteiger partial charge < -0.3 is 29.6 Å². The summed E-state index contributed by atoms with van der Waals surface area (Å²) in [4.78, 5) is 31.5. The third-order valence-electron chi connectivity index (χ3n) is 9.56. The lowest BCUT2D eigenvalue weighted by molar-refractivity contribution is -0.112. The molecule has 0 atom stereocenters. The quantitative estimate of drug-likeness (QED) is 0.144. The van der Waals surface area contributed by atoms with Crippen LogP contribution in [0.3, 0.4) is 0 Å². The van der Waals surface area contributed by atoms with Crippen LogP contribution >= 0.6 is 0 Å². The first-order valence-electron chi connectivity index (χ1n) is 16.9. The topological polar surface area (TPSA) is 164 Å². The van der Waals surface area contributed by atoms with E-state index in [4.69, 9.17) is 18.9 Å². The number of amides is 1. The van der Waals surface area contributed by atoms with Crippen molar-refractivity contribution in [3.05, 3.63) is 72.5 Å². The van der Waals surface area contributed by atoms with Gasteiger partial charge in [0.15, 0.2) is 5.65 Å². The predicted octanol–water partition coefficient (Wildman–Crippen LogP) is 4.72. The molecule has 0 spiro atoms. The maximum Gasteiger partial charge on any atom is 0.266 e. The SMILES string of the molecule is COc1cc2ncnc(Nc3cc(C)c(Oc4ccn5ncnc5c4)cc3OC)c2cc1NC(=O)C(C#N)=CC(C)(C)N1CCN(C2COC2)CC1. The highest BCUT2D eigenvalue weighted by molar-refractivity contribution is 6.09. The van der Waals surface area contributed by atoms with Crippen LogP contribution in [0.2, 0.25) is 0 Å². The number of carbonyl (C=O) groups excluding carboxylic acids is 1. The van der Waals surface area contributed by atoms with E-state index >= 15 is 0 Å². The molecule has 15 nitrogen and oxygen atoms in total. The Morgan fingerprint density at radius 3 is 2.46 bits per heavy atom. The van der Waals surface area contributed by atoms with Gasteiger partial charge in [0.1, 0.15) is 53.1 Å². The zero-order valence-electron chi connectivity index (χ0n) is 29.7. The smallest absolute Gasteiger partial charge is 0.266 e. The summed E-state index contributed by atoms with van der Waals surface area (Å²) >= 11 is 0. The van der Waals surface area contributed by atoms with Crippen molar-refractivity contribution in [3.8, 4) is 29.1 Å². The van der Waals surface area contributed by atoms with Gasteiger partial charge in [-0.3, -0.25) is 14.6 Å². The van der Waals surface area contributed by atoms with E-state index in [1.807, 2.05) is 32.9 Å². The number of rotatable bonds is 11. The maximum absolute atomic E-state index is 13.6. The summed E-state index contributed by atoms with van der Waals surface area (Å²) in [6.45, 7) is 11.0. The first kappa shape index (κ1) is 34.6. The zero-order chi connectivity index (χ0) is 36.4. The van der Waals surface area contributed by atoms with Gasteiger partial charge in [-0.05, 0) is 50.6 Å². The van der Waals surface area contributed by atoms with Gasteiger partial charge in [-0.25, -0.2) is 19.5 Å². The molecule has 2 N–H and O–H groups in total. The van der Waals surface area contributed by atoms with Crippen LogP contribution in [-0.4, -0.2) is 105 Å². The Labute approximate surface area is 300 Å². The number of piperazine rings is 1. The number of ether oxygens (including phenoxy) is 4. The van der Waals surface area contributed by atoms with Gasteiger partial charge in [0.25, 0.3) is 5.91 Å². The largest absolute Gasteiger partial charge is 0.494 e. The molecule has 15 heteroatoms. The molecule has 2 aliphatic heterocycles. The summed E-state index contributed by atoms with van der Waals surface area (Å²) in [6.07, 6.45) is 6.44. The molecule has 52 heavy (non-hydrogen) atoms. The lowest BCUT2D eigenvalue weighted by Crippen LogP contribution is -2.59. The molecule has 2 saturated heterocycles. The monoisotopic (exact) mass is 704 g/mol. The molecule has 3 aromatic heterocycles. The number of nitriles is 1. The van der Waals surface area contributed by atoms with E-state index < -0.39 is 11.4 Å². The van der Waals surface area contributed by atoms with Crippen LogP contribution in [0, 0.1) is 18.3 Å². The Kier molecular flexibility index (Phi) is 9.61. The first-order valence-corrected chi connectivity index (χ1v) is 16.9. The van der Waals surface area contributed by atoms with Crippen molar-refractivity contribution in [2.45, 2.75) is 32.4 Å². The average molecular weight is 705 g/mol. The summed E-state index contributed by atoms with van der Waals surface area (Å²) < 4.78 is 24.6. The minimum absolute atomic E-state index is 0.00789. The number of methoxy groups -OCH3 is 2. The second-order valence-electron chi connectivity index (χ2n) is 13.3. The number of aryl methyl sites for hydroxylation is 1. The number of anilines is 3. The Morgan fingerprint density at radius 1 is 0.981 bits per heavy atom. The van der Waals surface area contributed by atoms with Gasteiger partial charge in [-0.1, -0.05) is 0 Å². The fourth-order valence-corrected chi connectivity index (χ4v) is 6.49. The third-order valence-corrected chi connectivity index (χ3v) is 9.56. The molecule has 5 heterocycles. The molecular formula is C37H40N10O5. The normalized spacial score (nSPS) is 16.0. The number of carbonyl (C=O) groups is 1. The Hall–Kier alpha value is -5.82. The molecule has 2 fully saturated rings. The first-order chi connectivity index (χ1) is 25.1. The molecule has 7 rings (SSSR count). The third kappa shape index (κ3) is 7.04. The molecule has 2 aromatic carbocycles. The number of nitrogens with zero attached hydrogens (tertiary/aromatic N) is 8. The predicted molar refractivity (Wildman–Crippen MR) is 194 cm³/mol. The lowest BCUT2D eigenvalue weighted by atomic mass is 9.97. The Bertz CT molecular complexity index is 2200. The minimum Gasteiger partial charge on any atom is -0.494 e. The standard InChI is InChI=1S/C37H40N10O5/c1-23-12-29(33(50-5)16-31(23)52-26-6-7-47-34(13-26)40-22-42-47)43-35-27-14-30(32(49-4)15-28(27)39-21-41-35)44-36(48)24(18-38)17-37(2,3)46-10-8-45(9-11-46)25-19-51-20-25/h6-7,12-17,21-22,25H,8-11,19-20H2,1-5H3,(H,44,48)(H,39,41,43). The molecule has 268 valence electrons. The maximum atomic E-state index is 13.6. The van der Waals surface area contributed by atoms with Crippen LogP contribution in [0.4, 0.5) is 17.2 Å². The van der Waals surface area contributed by atoms with Crippen LogP contribution in [-0.2, 0) is 9.53 Å². The molecule has 0 aliphatic carbocycles. The summed E-state index contributed by atoms with van der Waals surface area (Å²) in [6, 6.07) is 13.3. The minimum atomic E-state index is -0.541. The van der Waals surface area contributed by atoms with Gasteiger partial charge >= 0.3 is 0 Å². The van der Waals surface area contributed by atoms with Gasteiger partial charge in [0.2, 0.25) is 0 Å². The van der Waals surface area contributed by atoms with Crippen LogP contribution in [0.25, 0.3) is 16.6 Å². The van der Waals surface area contributed by atoms with E-state index in [-0.39, 0.29) is 5.57 Å². The number of aromatic nitrogens is 5. The second-order valence-corrected chi connectivity index (χ2v) is 13.3. The van der Waals surface area contributed by atoms with E-state index in [9.17, 15) is 10.1 Å². The molecule has 2 aliphatic rings. The van der Waals surface area contributed by atoms with Crippen LogP contribution in [0.5, 0.6) is 23.0 Å². The molecule has 0 unspecified atom stereocenters. The summed E-state index contributed by atoms with van der Waals surface area (Å²) in [5, 5.41) is 21.1. The van der Waals surface area contributed by atoms with Crippen LogP contribution < -0.4 is 24.8 Å². The fourth-order valence-electron chi connectivity index (χ4n) is 6.49. The number of pyridine rings is 1. The zero-order valence-corrected chi connectivity index (χ0v) is 29.7. The number of benzene rings is 2. The van der Waals surface area contributed by atoms with Gasteiger partial charge in [-0.15, -0.1) is 0 Å². The van der Waals surface area contributed by atoms with Crippen molar-refractivity contribution in [3.63, 3.8) is 0 Å². The lowest BCUT2D eigenvalue weighted by Gasteiger charge is -2.46. The van der Waals surface area contributed by atoms with E-state index in [1.54, 1.807) is 48.2 Å². The van der Waals surface area contributed by atoms with Crippen molar-refractivity contribution in [2.24, 2.45) is 0 Å². The number of fused-ring (bicyclic) bond motifs is 2. The van der Waals surface area contributed by atoms with Crippen molar-refractivity contribution in [2.75, 3.05) is 64.2 Å². The summed E-state index contributed by atoms with van der Waals surface area (Å²) in [5.41, 5.74) is 2.57. The summed E-state index contributed by atoms with van der Waals surface area (Å²) in [7, 11) is 3.09. The fraction of sp³-hybridized carbons (Fsp3) is 0.351. The van der Waals surface area contributed by atoms with Crippen LogP contribution in [0.15, 0.2) is 66.9 Å². The number of hydrogen-bond donors (Lipinski definition) is 2. The molecule has 0 radical (unpaired) electrons. The van der Waals surface area contributed by atoms with Gasteiger partial charge in [0, 0.05) is 61.5 Å². The van der Waals surface area contributed by atoms with Crippen molar-refractivity contribution in [1.29, 1.82) is 5.26 Å². The number of hydrogen-bond acceptors (Lipinski definition) is 13. The van der Waals surface area contributed by atoms with Gasteiger partial charge in [0.05, 0.1) is 50.4 Å². The van der Waals surface area contributed by atoms with E-state index in [0.29, 0.717) is 62.8 Å². The molecule has 0 bridgehead atoms. The second kappa shape index (κ2) is 14.4. The molecule has 0 saturated carbocycles. The van der Waals surface area contributed by atoms with Crippen LogP contribution in [0.1, 0.15) is 19.4 Å². The highest BCUT2D eigenvalue weighted by Crippen LogP contribution is 2.39. The van der Waals surface area contributed by atoms with Gasteiger partial charge in [-0.2, -0.15) is 10.4 Å².